The molecule has 0 spiro atoms. The first-order valence-corrected chi connectivity index (χ1v) is 5.67. The number of hydrogen-bond acceptors (Lipinski definition) is 2. The Balaban J connectivity index is 2.57. The van der Waals surface area contributed by atoms with Crippen LogP contribution in [0.4, 0.5) is 0 Å². The Morgan fingerprint density at radius 2 is 2.15 bits per heavy atom. The lowest BCUT2D eigenvalue weighted by Gasteiger charge is -2.22. The molecule has 1 nitrogen and oxygen atoms in total. The average Bonchev–Trinajstić information content (AvgIpc) is 2.34. The molecule has 0 saturated carbocycles. The lowest BCUT2D eigenvalue weighted by Crippen LogP contribution is -2.19. The Bertz CT molecular complexity index is 268. The Hall–Kier alpha value is -0.0500. The first kappa shape index (κ1) is 11.0. The number of rotatable bonds is 4. The summed E-state index contributed by atoms with van der Waals surface area (Å²) in [7, 11) is 0. The second-order valence-corrected chi connectivity index (χ2v) is 5.89. The van der Waals surface area contributed by atoms with E-state index in [4.69, 9.17) is 17.3 Å². The lowest BCUT2D eigenvalue weighted by molar-refractivity contribution is 0.341. The third kappa shape index (κ3) is 3.67. The molecule has 3 heteroatoms. The summed E-state index contributed by atoms with van der Waals surface area (Å²) in [4.78, 5) is 1.35. The second kappa shape index (κ2) is 4.45. The number of halogens is 1. The van der Waals surface area contributed by atoms with E-state index >= 15 is 0 Å². The lowest BCUT2D eigenvalue weighted by atomic mass is 9.85. The minimum absolute atomic E-state index is 0.295. The van der Waals surface area contributed by atoms with Crippen LogP contribution in [0.5, 0.6) is 0 Å². The minimum atomic E-state index is 0.295. The van der Waals surface area contributed by atoms with Crippen LogP contribution < -0.4 is 5.73 Å². The Labute approximate surface area is 88.9 Å². The van der Waals surface area contributed by atoms with Crippen molar-refractivity contribution in [1.82, 2.24) is 0 Å². The molecule has 0 aliphatic rings. The number of thiophene rings is 1. The van der Waals surface area contributed by atoms with Gasteiger partial charge >= 0.3 is 0 Å². The van der Waals surface area contributed by atoms with Crippen molar-refractivity contribution in [2.24, 2.45) is 11.1 Å². The Kier molecular flexibility index (Phi) is 3.77. The SMILES string of the molecule is CC(C)(CCN)Cc1ccc(Cl)s1. The molecule has 1 aromatic heterocycles. The summed E-state index contributed by atoms with van der Waals surface area (Å²) in [6.07, 6.45) is 2.13. The highest BCUT2D eigenvalue weighted by Gasteiger charge is 2.18. The largest absolute Gasteiger partial charge is 0.330 e. The van der Waals surface area contributed by atoms with Gasteiger partial charge in [-0.25, -0.2) is 0 Å². The van der Waals surface area contributed by atoms with E-state index in [1.165, 1.54) is 4.88 Å². The van der Waals surface area contributed by atoms with Crippen molar-refractivity contribution in [2.75, 3.05) is 6.54 Å². The molecule has 1 heterocycles. The van der Waals surface area contributed by atoms with Gasteiger partial charge in [0, 0.05) is 4.88 Å². The topological polar surface area (TPSA) is 26.0 Å². The molecule has 0 amide bonds. The van der Waals surface area contributed by atoms with Gasteiger partial charge in [0.15, 0.2) is 0 Å². The van der Waals surface area contributed by atoms with Crippen molar-refractivity contribution in [2.45, 2.75) is 26.7 Å². The molecule has 0 saturated heterocycles. The zero-order chi connectivity index (χ0) is 9.90. The minimum Gasteiger partial charge on any atom is -0.330 e. The molecule has 74 valence electrons. The van der Waals surface area contributed by atoms with E-state index in [0.717, 1.165) is 23.7 Å². The van der Waals surface area contributed by atoms with E-state index < -0.39 is 0 Å². The predicted molar refractivity (Wildman–Crippen MR) is 60.5 cm³/mol. The van der Waals surface area contributed by atoms with Gasteiger partial charge in [0.1, 0.15) is 0 Å². The maximum atomic E-state index is 5.86. The number of hydrogen-bond donors (Lipinski definition) is 1. The van der Waals surface area contributed by atoms with E-state index in [1.807, 2.05) is 6.07 Å². The zero-order valence-corrected chi connectivity index (χ0v) is 9.71. The van der Waals surface area contributed by atoms with E-state index in [-0.39, 0.29) is 0 Å². The highest BCUT2D eigenvalue weighted by Crippen LogP contribution is 2.30. The molecule has 2 N–H and O–H groups in total. The summed E-state index contributed by atoms with van der Waals surface area (Å²) in [6, 6.07) is 4.06. The van der Waals surface area contributed by atoms with Crippen molar-refractivity contribution in [3.63, 3.8) is 0 Å². The fourth-order valence-electron chi connectivity index (χ4n) is 1.40. The monoisotopic (exact) mass is 217 g/mol. The summed E-state index contributed by atoms with van der Waals surface area (Å²) in [5, 5.41) is 0. The van der Waals surface area contributed by atoms with Gasteiger partial charge in [-0.1, -0.05) is 25.4 Å². The van der Waals surface area contributed by atoms with Gasteiger partial charge in [0.05, 0.1) is 4.34 Å². The van der Waals surface area contributed by atoms with Crippen LogP contribution in [-0.4, -0.2) is 6.54 Å². The van der Waals surface area contributed by atoms with Crippen molar-refractivity contribution in [1.29, 1.82) is 0 Å². The van der Waals surface area contributed by atoms with Crippen LogP contribution >= 0.6 is 22.9 Å². The molecule has 13 heavy (non-hydrogen) atoms. The van der Waals surface area contributed by atoms with Crippen LogP contribution in [0, 0.1) is 5.41 Å². The normalized spacial score (nSPS) is 12.0. The number of nitrogens with two attached hydrogens (primary N) is 1. The molecule has 0 aliphatic heterocycles. The summed E-state index contributed by atoms with van der Waals surface area (Å²) in [6.45, 7) is 5.24. The first-order valence-electron chi connectivity index (χ1n) is 4.48. The van der Waals surface area contributed by atoms with Gasteiger partial charge in [-0.05, 0) is 36.9 Å². The highest BCUT2D eigenvalue weighted by atomic mass is 35.5. The molecule has 0 atom stereocenters. The summed E-state index contributed by atoms with van der Waals surface area (Å²) in [5.74, 6) is 0. The zero-order valence-electron chi connectivity index (χ0n) is 8.14. The molecule has 0 bridgehead atoms. The molecular formula is C10H16ClNS. The third-order valence-corrected chi connectivity index (χ3v) is 3.33. The smallest absolute Gasteiger partial charge is 0.0931 e. The van der Waals surface area contributed by atoms with Crippen LogP contribution in [0.1, 0.15) is 25.1 Å². The van der Waals surface area contributed by atoms with Crippen molar-refractivity contribution in [3.8, 4) is 0 Å². The van der Waals surface area contributed by atoms with Gasteiger partial charge in [0.2, 0.25) is 0 Å². The van der Waals surface area contributed by atoms with Gasteiger partial charge in [-0.15, -0.1) is 11.3 Å². The molecule has 0 radical (unpaired) electrons. The van der Waals surface area contributed by atoms with Crippen LogP contribution in [0.25, 0.3) is 0 Å². The quantitative estimate of drug-likeness (QED) is 0.823. The summed E-state index contributed by atoms with van der Waals surface area (Å²) in [5.41, 5.74) is 5.85. The van der Waals surface area contributed by atoms with Gasteiger partial charge < -0.3 is 5.73 Å². The van der Waals surface area contributed by atoms with Crippen LogP contribution in [0.3, 0.4) is 0 Å². The Morgan fingerprint density at radius 1 is 1.46 bits per heavy atom. The van der Waals surface area contributed by atoms with Crippen molar-refractivity contribution in [3.05, 3.63) is 21.3 Å². The molecule has 1 aromatic rings. The summed E-state index contributed by atoms with van der Waals surface area (Å²) >= 11 is 7.53. The standard InChI is InChI=1S/C10H16ClNS/c1-10(2,5-6-12)7-8-3-4-9(11)13-8/h3-4H,5-7,12H2,1-2H3. The first-order chi connectivity index (χ1) is 6.03. The van der Waals surface area contributed by atoms with E-state index in [1.54, 1.807) is 11.3 Å². The third-order valence-electron chi connectivity index (χ3n) is 2.10. The molecule has 0 fully saturated rings. The molecule has 0 aliphatic carbocycles. The fraction of sp³-hybridized carbons (Fsp3) is 0.600. The van der Waals surface area contributed by atoms with Gasteiger partial charge in [0.25, 0.3) is 0 Å². The van der Waals surface area contributed by atoms with Crippen molar-refractivity contribution < 1.29 is 0 Å². The van der Waals surface area contributed by atoms with Crippen LogP contribution in [-0.2, 0) is 6.42 Å². The van der Waals surface area contributed by atoms with Gasteiger partial charge in [-0.2, -0.15) is 0 Å². The molecule has 0 aromatic carbocycles. The van der Waals surface area contributed by atoms with Crippen LogP contribution in [0.15, 0.2) is 12.1 Å². The fourth-order valence-corrected chi connectivity index (χ4v) is 2.74. The maximum Gasteiger partial charge on any atom is 0.0931 e. The van der Waals surface area contributed by atoms with Gasteiger partial charge in [-0.3, -0.25) is 0 Å². The van der Waals surface area contributed by atoms with Crippen LogP contribution in [0.2, 0.25) is 4.34 Å². The van der Waals surface area contributed by atoms with E-state index in [2.05, 4.69) is 19.9 Å². The van der Waals surface area contributed by atoms with E-state index in [9.17, 15) is 0 Å². The van der Waals surface area contributed by atoms with E-state index in [0.29, 0.717) is 5.41 Å². The second-order valence-electron chi connectivity index (χ2n) is 4.09. The summed E-state index contributed by atoms with van der Waals surface area (Å²) < 4.78 is 0.874. The highest BCUT2D eigenvalue weighted by molar-refractivity contribution is 7.16. The molecular weight excluding hydrogens is 202 g/mol. The molecule has 1 rings (SSSR count). The van der Waals surface area contributed by atoms with Crippen molar-refractivity contribution >= 4 is 22.9 Å². The maximum absolute atomic E-state index is 5.86. The Morgan fingerprint density at radius 3 is 2.62 bits per heavy atom. The molecule has 0 unspecified atom stereocenters. The predicted octanol–water partition coefficient (Wildman–Crippen LogP) is 3.32. The average molecular weight is 218 g/mol.